The molecule has 0 unspecified atom stereocenters. The number of rotatable bonds is 7. The van der Waals surface area contributed by atoms with E-state index in [4.69, 9.17) is 16.3 Å². The van der Waals surface area contributed by atoms with Crippen molar-refractivity contribution in [3.05, 3.63) is 70.9 Å². The molecule has 29 heavy (non-hydrogen) atoms. The third kappa shape index (κ3) is 5.16. The summed E-state index contributed by atoms with van der Waals surface area (Å²) in [5.74, 6) is -1.51. The lowest BCUT2D eigenvalue weighted by molar-refractivity contribution is -0.173. The summed E-state index contributed by atoms with van der Waals surface area (Å²) in [5.41, 5.74) is -0.306. The Morgan fingerprint density at radius 3 is 2.59 bits per heavy atom. The van der Waals surface area contributed by atoms with Gasteiger partial charge in [-0.15, -0.1) is 0 Å². The first kappa shape index (κ1) is 20.9. The van der Waals surface area contributed by atoms with E-state index in [-0.39, 0.29) is 12.1 Å². The zero-order valence-electron chi connectivity index (χ0n) is 16.2. The molecule has 0 aliphatic carbocycles. The molecule has 3 aromatic rings. The Labute approximate surface area is 173 Å². The number of aryl methyl sites for hydroxylation is 1. The van der Waals surface area contributed by atoms with Crippen molar-refractivity contribution in [1.29, 1.82) is 0 Å². The van der Waals surface area contributed by atoms with E-state index < -0.39 is 23.7 Å². The SMILES string of the molecule is CC(C)OC(=O)[C@](O)(CCc1ccccc1)NC(=O)c1cc2cc(Cl)ccc2[nH]1. The molecule has 0 saturated carbocycles. The molecule has 0 saturated heterocycles. The highest BCUT2D eigenvalue weighted by atomic mass is 35.5. The second-order valence-corrected chi connectivity index (χ2v) is 7.61. The van der Waals surface area contributed by atoms with Crippen LogP contribution in [0.2, 0.25) is 5.02 Å². The Morgan fingerprint density at radius 2 is 1.90 bits per heavy atom. The standard InChI is InChI=1S/C22H23ClN2O4/c1-14(2)29-21(27)22(28,11-10-15-6-4-3-5-7-15)25-20(26)19-13-16-12-17(23)8-9-18(16)24-19/h3-9,12-14,24,28H,10-11H2,1-2H3,(H,25,26)/t22-/m1/s1. The van der Waals surface area contributed by atoms with Crippen molar-refractivity contribution in [2.45, 2.75) is 38.5 Å². The highest BCUT2D eigenvalue weighted by molar-refractivity contribution is 6.31. The van der Waals surface area contributed by atoms with Crippen molar-refractivity contribution < 1.29 is 19.4 Å². The maximum absolute atomic E-state index is 12.8. The van der Waals surface area contributed by atoms with Gasteiger partial charge in [0.2, 0.25) is 5.72 Å². The van der Waals surface area contributed by atoms with Crippen molar-refractivity contribution in [2.75, 3.05) is 0 Å². The molecule has 0 spiro atoms. The number of amides is 1. The fourth-order valence-corrected chi connectivity index (χ4v) is 3.16. The van der Waals surface area contributed by atoms with E-state index in [1.807, 2.05) is 30.3 Å². The molecule has 3 N–H and O–H groups in total. The number of benzene rings is 2. The fraction of sp³-hybridized carbons (Fsp3) is 0.273. The zero-order valence-corrected chi connectivity index (χ0v) is 17.0. The van der Waals surface area contributed by atoms with Gasteiger partial charge in [0.1, 0.15) is 5.69 Å². The predicted molar refractivity (Wildman–Crippen MR) is 112 cm³/mol. The summed E-state index contributed by atoms with van der Waals surface area (Å²) in [6, 6.07) is 16.2. The number of ether oxygens (including phenoxy) is 1. The number of carbonyl (C=O) groups is 2. The molecule has 2 aromatic carbocycles. The van der Waals surface area contributed by atoms with Gasteiger partial charge in [-0.2, -0.15) is 0 Å². The van der Waals surface area contributed by atoms with Crippen molar-refractivity contribution in [3.63, 3.8) is 0 Å². The zero-order chi connectivity index (χ0) is 21.0. The summed E-state index contributed by atoms with van der Waals surface area (Å²) in [6.07, 6.45) is -0.0779. The largest absolute Gasteiger partial charge is 0.459 e. The molecule has 0 aliphatic heterocycles. The highest BCUT2D eigenvalue weighted by Gasteiger charge is 2.40. The van der Waals surface area contributed by atoms with Gasteiger partial charge in [-0.25, -0.2) is 4.79 Å². The monoisotopic (exact) mass is 414 g/mol. The van der Waals surface area contributed by atoms with Crippen LogP contribution in [0.15, 0.2) is 54.6 Å². The number of aromatic nitrogens is 1. The van der Waals surface area contributed by atoms with E-state index in [9.17, 15) is 14.7 Å². The summed E-state index contributed by atoms with van der Waals surface area (Å²) in [7, 11) is 0. The molecule has 0 aliphatic rings. The molecule has 1 amide bonds. The Bertz CT molecular complexity index is 1020. The van der Waals surface area contributed by atoms with Crippen LogP contribution >= 0.6 is 11.6 Å². The van der Waals surface area contributed by atoms with Crippen LogP contribution in [0.25, 0.3) is 10.9 Å². The van der Waals surface area contributed by atoms with E-state index in [2.05, 4.69) is 10.3 Å². The minimum atomic E-state index is -2.16. The molecule has 0 radical (unpaired) electrons. The smallest absolute Gasteiger partial charge is 0.359 e. The third-order valence-electron chi connectivity index (χ3n) is 4.45. The average Bonchev–Trinajstić information content (AvgIpc) is 3.10. The number of aromatic amines is 1. The number of fused-ring (bicyclic) bond motifs is 1. The Morgan fingerprint density at radius 1 is 1.17 bits per heavy atom. The molecule has 0 fully saturated rings. The van der Waals surface area contributed by atoms with E-state index in [0.29, 0.717) is 11.4 Å². The number of esters is 1. The Balaban J connectivity index is 1.82. The molecule has 6 nitrogen and oxygen atoms in total. The molecule has 0 bridgehead atoms. The molecule has 3 rings (SSSR count). The van der Waals surface area contributed by atoms with Crippen LogP contribution in [0.1, 0.15) is 36.3 Å². The van der Waals surface area contributed by atoms with E-state index in [1.165, 1.54) is 0 Å². The minimum Gasteiger partial charge on any atom is -0.459 e. The van der Waals surface area contributed by atoms with Crippen molar-refractivity contribution in [2.24, 2.45) is 0 Å². The second-order valence-electron chi connectivity index (χ2n) is 7.17. The van der Waals surface area contributed by atoms with Crippen LogP contribution in [-0.4, -0.2) is 33.8 Å². The first-order valence-corrected chi connectivity index (χ1v) is 9.73. The lowest BCUT2D eigenvalue weighted by atomic mass is 10.0. The van der Waals surface area contributed by atoms with Crippen LogP contribution < -0.4 is 5.32 Å². The van der Waals surface area contributed by atoms with Gasteiger partial charge >= 0.3 is 5.97 Å². The van der Waals surface area contributed by atoms with E-state index in [1.54, 1.807) is 38.1 Å². The summed E-state index contributed by atoms with van der Waals surface area (Å²) in [6.45, 7) is 3.36. The molecule has 1 atom stereocenters. The first-order chi connectivity index (χ1) is 13.8. The van der Waals surface area contributed by atoms with Gasteiger partial charge in [-0.05, 0) is 50.1 Å². The van der Waals surface area contributed by atoms with Gasteiger partial charge in [0.15, 0.2) is 0 Å². The topological polar surface area (TPSA) is 91.4 Å². The number of hydrogen-bond donors (Lipinski definition) is 3. The van der Waals surface area contributed by atoms with E-state index >= 15 is 0 Å². The van der Waals surface area contributed by atoms with Gasteiger partial charge in [-0.3, -0.25) is 4.79 Å². The predicted octanol–water partition coefficient (Wildman–Crippen LogP) is 3.82. The maximum Gasteiger partial charge on any atom is 0.359 e. The molecule has 7 heteroatoms. The number of H-pyrrole nitrogens is 1. The molecular weight excluding hydrogens is 392 g/mol. The summed E-state index contributed by atoms with van der Waals surface area (Å²) >= 11 is 5.99. The maximum atomic E-state index is 12.8. The number of nitrogens with one attached hydrogen (secondary N) is 2. The highest BCUT2D eigenvalue weighted by Crippen LogP contribution is 2.21. The van der Waals surface area contributed by atoms with Crippen molar-refractivity contribution in [3.8, 4) is 0 Å². The Kier molecular flexibility index (Phi) is 6.25. The first-order valence-electron chi connectivity index (χ1n) is 9.35. The second kappa shape index (κ2) is 8.68. The van der Waals surface area contributed by atoms with Gasteiger partial charge in [-0.1, -0.05) is 41.9 Å². The third-order valence-corrected chi connectivity index (χ3v) is 4.68. The number of halogens is 1. The lowest BCUT2D eigenvalue weighted by Gasteiger charge is -2.28. The van der Waals surface area contributed by atoms with Crippen molar-refractivity contribution in [1.82, 2.24) is 10.3 Å². The number of aliphatic hydroxyl groups is 1. The van der Waals surface area contributed by atoms with Crippen LogP contribution in [0, 0.1) is 0 Å². The number of hydrogen-bond acceptors (Lipinski definition) is 4. The van der Waals surface area contributed by atoms with Crippen LogP contribution in [0.3, 0.4) is 0 Å². The quantitative estimate of drug-likeness (QED) is 0.405. The molecule has 1 aromatic heterocycles. The molecule has 1 heterocycles. The Hall–Kier alpha value is -2.83. The summed E-state index contributed by atoms with van der Waals surface area (Å²) in [4.78, 5) is 28.3. The van der Waals surface area contributed by atoms with Crippen LogP contribution in [0.4, 0.5) is 0 Å². The average molecular weight is 415 g/mol. The van der Waals surface area contributed by atoms with Crippen LogP contribution in [0.5, 0.6) is 0 Å². The van der Waals surface area contributed by atoms with Crippen LogP contribution in [-0.2, 0) is 16.0 Å². The van der Waals surface area contributed by atoms with Crippen molar-refractivity contribution >= 4 is 34.4 Å². The number of carbonyl (C=O) groups excluding carboxylic acids is 2. The van der Waals surface area contributed by atoms with E-state index in [0.717, 1.165) is 16.5 Å². The molecular formula is C22H23ClN2O4. The van der Waals surface area contributed by atoms with Gasteiger partial charge in [0.05, 0.1) is 6.10 Å². The minimum absolute atomic E-state index is 0.0274. The molecule has 152 valence electrons. The fourth-order valence-electron chi connectivity index (χ4n) is 2.98. The van der Waals surface area contributed by atoms with Gasteiger partial charge in [0.25, 0.3) is 5.91 Å². The lowest BCUT2D eigenvalue weighted by Crippen LogP contribution is -2.56. The van der Waals surface area contributed by atoms with Gasteiger partial charge in [0, 0.05) is 22.3 Å². The summed E-state index contributed by atoms with van der Waals surface area (Å²) in [5, 5.41) is 14.7. The normalized spacial score (nSPS) is 13.3. The summed E-state index contributed by atoms with van der Waals surface area (Å²) < 4.78 is 5.18. The van der Waals surface area contributed by atoms with Gasteiger partial charge < -0.3 is 20.1 Å².